The van der Waals surface area contributed by atoms with Crippen LogP contribution in [0, 0.1) is 0 Å². The van der Waals surface area contributed by atoms with E-state index >= 15 is 0 Å². The number of ether oxygens (including phenoxy) is 2. The molecule has 20 heavy (non-hydrogen) atoms. The molecule has 1 aromatic heterocycles. The summed E-state index contributed by atoms with van der Waals surface area (Å²) in [4.78, 5) is 8.04. The standard InChI is InChI=1S/C14H16BrN3O2/c1-9(2)20-14-12(16)13(17-8-18-14)19-7-10-4-3-5-11(15)6-10/h3-6,8-9H,7,16H2,1-2H3. The predicted molar refractivity (Wildman–Crippen MR) is 80.7 cm³/mol. The highest BCUT2D eigenvalue weighted by atomic mass is 79.9. The molecule has 1 heterocycles. The largest absolute Gasteiger partial charge is 0.473 e. The monoisotopic (exact) mass is 337 g/mol. The number of benzene rings is 1. The SMILES string of the molecule is CC(C)Oc1ncnc(OCc2cccc(Br)c2)c1N. The van der Waals surface area contributed by atoms with E-state index in [-0.39, 0.29) is 6.10 Å². The van der Waals surface area contributed by atoms with Gasteiger partial charge in [-0.05, 0) is 31.5 Å². The van der Waals surface area contributed by atoms with Gasteiger partial charge >= 0.3 is 0 Å². The fraction of sp³-hybridized carbons (Fsp3) is 0.286. The van der Waals surface area contributed by atoms with E-state index in [2.05, 4.69) is 25.9 Å². The van der Waals surface area contributed by atoms with E-state index in [0.29, 0.717) is 24.1 Å². The van der Waals surface area contributed by atoms with Gasteiger partial charge in [0.1, 0.15) is 12.9 Å². The quantitative estimate of drug-likeness (QED) is 0.907. The summed E-state index contributed by atoms with van der Waals surface area (Å²) in [6.45, 7) is 4.19. The number of nitrogen functional groups attached to an aromatic ring is 1. The van der Waals surface area contributed by atoms with Crippen molar-refractivity contribution in [3.63, 3.8) is 0 Å². The van der Waals surface area contributed by atoms with Gasteiger partial charge in [-0.15, -0.1) is 0 Å². The number of nitrogens with two attached hydrogens (primary N) is 1. The fourth-order valence-corrected chi connectivity index (χ4v) is 2.02. The Bertz CT molecular complexity index is 590. The summed E-state index contributed by atoms with van der Waals surface area (Å²) in [5.74, 6) is 0.676. The molecule has 1 aromatic carbocycles. The van der Waals surface area contributed by atoms with Gasteiger partial charge in [-0.3, -0.25) is 0 Å². The van der Waals surface area contributed by atoms with E-state index < -0.39 is 0 Å². The first kappa shape index (κ1) is 14.6. The summed E-state index contributed by atoms with van der Waals surface area (Å²) in [5, 5.41) is 0. The van der Waals surface area contributed by atoms with Gasteiger partial charge in [0.05, 0.1) is 6.10 Å². The van der Waals surface area contributed by atoms with Crippen molar-refractivity contribution in [1.82, 2.24) is 9.97 Å². The van der Waals surface area contributed by atoms with E-state index in [4.69, 9.17) is 15.2 Å². The summed E-state index contributed by atoms with van der Waals surface area (Å²) in [7, 11) is 0. The third kappa shape index (κ3) is 3.84. The minimum atomic E-state index is -0.00914. The molecule has 0 fully saturated rings. The van der Waals surface area contributed by atoms with Crippen molar-refractivity contribution >= 4 is 21.6 Å². The van der Waals surface area contributed by atoms with Gasteiger partial charge in [-0.2, -0.15) is 9.97 Å². The van der Waals surface area contributed by atoms with Crippen molar-refractivity contribution in [2.24, 2.45) is 0 Å². The zero-order valence-electron chi connectivity index (χ0n) is 11.3. The first-order valence-electron chi connectivity index (χ1n) is 6.20. The minimum absolute atomic E-state index is 0.00914. The summed E-state index contributed by atoms with van der Waals surface area (Å²) >= 11 is 3.42. The molecule has 0 unspecified atom stereocenters. The van der Waals surface area contributed by atoms with Gasteiger partial charge < -0.3 is 15.2 Å². The highest BCUT2D eigenvalue weighted by Gasteiger charge is 2.12. The van der Waals surface area contributed by atoms with E-state index in [1.165, 1.54) is 6.33 Å². The van der Waals surface area contributed by atoms with Crippen LogP contribution in [0.5, 0.6) is 11.8 Å². The average Bonchev–Trinajstić information content (AvgIpc) is 2.39. The van der Waals surface area contributed by atoms with E-state index in [9.17, 15) is 0 Å². The Labute approximate surface area is 126 Å². The van der Waals surface area contributed by atoms with Crippen LogP contribution >= 0.6 is 15.9 Å². The second kappa shape index (κ2) is 6.56. The van der Waals surface area contributed by atoms with E-state index in [1.807, 2.05) is 38.1 Å². The number of hydrogen-bond acceptors (Lipinski definition) is 5. The maximum absolute atomic E-state index is 5.94. The molecule has 2 rings (SSSR count). The molecule has 5 nitrogen and oxygen atoms in total. The third-order valence-corrected chi connectivity index (χ3v) is 2.92. The van der Waals surface area contributed by atoms with E-state index in [1.54, 1.807) is 0 Å². The van der Waals surface area contributed by atoms with Crippen LogP contribution in [0.1, 0.15) is 19.4 Å². The summed E-state index contributed by atoms with van der Waals surface area (Å²) < 4.78 is 12.1. The Morgan fingerprint density at radius 2 is 2.00 bits per heavy atom. The number of hydrogen-bond donors (Lipinski definition) is 1. The van der Waals surface area contributed by atoms with Crippen molar-refractivity contribution in [2.75, 3.05) is 5.73 Å². The van der Waals surface area contributed by atoms with Crippen molar-refractivity contribution in [3.05, 3.63) is 40.6 Å². The zero-order chi connectivity index (χ0) is 14.5. The van der Waals surface area contributed by atoms with Crippen LogP contribution < -0.4 is 15.2 Å². The normalized spacial score (nSPS) is 10.6. The second-order valence-corrected chi connectivity index (χ2v) is 5.40. The highest BCUT2D eigenvalue weighted by molar-refractivity contribution is 9.10. The molecule has 0 aliphatic carbocycles. The molecule has 0 saturated carbocycles. The Morgan fingerprint density at radius 1 is 1.25 bits per heavy atom. The van der Waals surface area contributed by atoms with Crippen LogP contribution in [0.4, 0.5) is 5.69 Å². The van der Waals surface area contributed by atoms with Crippen molar-refractivity contribution in [2.45, 2.75) is 26.6 Å². The van der Waals surface area contributed by atoms with Gasteiger partial charge in [0.15, 0.2) is 5.69 Å². The Hall–Kier alpha value is -1.82. The van der Waals surface area contributed by atoms with Gasteiger partial charge in [0.2, 0.25) is 11.8 Å². The molecule has 0 amide bonds. The zero-order valence-corrected chi connectivity index (χ0v) is 12.9. The molecule has 2 N–H and O–H groups in total. The number of aromatic nitrogens is 2. The molecule has 0 aliphatic rings. The average molecular weight is 338 g/mol. The van der Waals surface area contributed by atoms with Crippen LogP contribution in [-0.4, -0.2) is 16.1 Å². The molecule has 0 spiro atoms. The van der Waals surface area contributed by atoms with Gasteiger partial charge in [-0.25, -0.2) is 0 Å². The first-order chi connectivity index (χ1) is 9.56. The van der Waals surface area contributed by atoms with E-state index in [0.717, 1.165) is 10.0 Å². The molecule has 6 heteroatoms. The van der Waals surface area contributed by atoms with Crippen LogP contribution in [0.3, 0.4) is 0 Å². The molecule has 0 atom stereocenters. The van der Waals surface area contributed by atoms with Crippen LogP contribution in [0.25, 0.3) is 0 Å². The second-order valence-electron chi connectivity index (χ2n) is 4.48. The van der Waals surface area contributed by atoms with Crippen molar-refractivity contribution < 1.29 is 9.47 Å². The topological polar surface area (TPSA) is 70.3 Å². The molecular formula is C14H16BrN3O2. The number of rotatable bonds is 5. The number of anilines is 1. The number of nitrogens with zero attached hydrogens (tertiary/aromatic N) is 2. The lowest BCUT2D eigenvalue weighted by Gasteiger charge is -2.13. The Morgan fingerprint density at radius 3 is 2.70 bits per heavy atom. The first-order valence-corrected chi connectivity index (χ1v) is 7.00. The highest BCUT2D eigenvalue weighted by Crippen LogP contribution is 2.28. The fourth-order valence-electron chi connectivity index (χ4n) is 1.57. The van der Waals surface area contributed by atoms with Crippen LogP contribution in [-0.2, 0) is 6.61 Å². The molecule has 106 valence electrons. The predicted octanol–water partition coefficient (Wildman–Crippen LogP) is 3.19. The minimum Gasteiger partial charge on any atom is -0.473 e. The smallest absolute Gasteiger partial charge is 0.244 e. The maximum Gasteiger partial charge on any atom is 0.244 e. The summed E-state index contributed by atoms with van der Waals surface area (Å²) in [5.41, 5.74) is 7.27. The molecule has 0 bridgehead atoms. The van der Waals surface area contributed by atoms with Crippen molar-refractivity contribution in [3.8, 4) is 11.8 Å². The lowest BCUT2D eigenvalue weighted by Crippen LogP contribution is -2.10. The van der Waals surface area contributed by atoms with Crippen LogP contribution in [0.2, 0.25) is 0 Å². The van der Waals surface area contributed by atoms with Gasteiger partial charge in [0.25, 0.3) is 0 Å². The molecule has 0 radical (unpaired) electrons. The summed E-state index contributed by atoms with van der Waals surface area (Å²) in [6, 6.07) is 7.84. The van der Waals surface area contributed by atoms with Crippen LogP contribution in [0.15, 0.2) is 35.1 Å². The lowest BCUT2D eigenvalue weighted by atomic mass is 10.2. The lowest BCUT2D eigenvalue weighted by molar-refractivity contribution is 0.230. The summed E-state index contributed by atoms with van der Waals surface area (Å²) in [6.07, 6.45) is 1.37. The maximum atomic E-state index is 5.94. The third-order valence-electron chi connectivity index (χ3n) is 2.42. The Balaban J connectivity index is 2.10. The number of halogens is 1. The Kier molecular flexibility index (Phi) is 4.79. The van der Waals surface area contributed by atoms with Crippen molar-refractivity contribution in [1.29, 1.82) is 0 Å². The molecule has 2 aromatic rings. The van der Waals surface area contributed by atoms with Gasteiger partial charge in [-0.1, -0.05) is 28.1 Å². The molecule has 0 aliphatic heterocycles. The molecular weight excluding hydrogens is 322 g/mol. The molecule has 0 saturated heterocycles. The van der Waals surface area contributed by atoms with Gasteiger partial charge in [0, 0.05) is 4.47 Å².